The fraction of sp³-hybridized carbons (Fsp3) is 0.455. The lowest BCUT2D eigenvalue weighted by Crippen LogP contribution is -2.59. The molecular formula is C11H17NO4. The van der Waals surface area contributed by atoms with E-state index in [-0.39, 0.29) is 0 Å². The van der Waals surface area contributed by atoms with E-state index in [1.165, 1.54) is 0 Å². The molecule has 1 rings (SSSR count). The van der Waals surface area contributed by atoms with Gasteiger partial charge in [-0.25, -0.2) is 0 Å². The van der Waals surface area contributed by atoms with Crippen molar-refractivity contribution in [3.05, 3.63) is 29.8 Å². The van der Waals surface area contributed by atoms with Gasteiger partial charge in [-0.1, -0.05) is 17.7 Å². The lowest BCUT2D eigenvalue weighted by Gasteiger charge is -2.41. The number of rotatable bonds is 3. The van der Waals surface area contributed by atoms with Gasteiger partial charge in [-0.15, -0.1) is 0 Å². The van der Waals surface area contributed by atoms with Crippen molar-refractivity contribution < 1.29 is 20.4 Å². The van der Waals surface area contributed by atoms with E-state index in [1.807, 2.05) is 6.92 Å². The first-order valence-corrected chi connectivity index (χ1v) is 4.89. The molecule has 1 aromatic carbocycles. The van der Waals surface area contributed by atoms with Crippen LogP contribution in [0.5, 0.6) is 0 Å². The molecular weight excluding hydrogens is 210 g/mol. The minimum Gasteiger partial charge on any atom is -0.349 e. The summed E-state index contributed by atoms with van der Waals surface area (Å²) < 4.78 is 0. The maximum atomic E-state index is 9.50. The van der Waals surface area contributed by atoms with Crippen molar-refractivity contribution in [2.45, 2.75) is 32.6 Å². The minimum atomic E-state index is -2.37. The van der Waals surface area contributed by atoms with Crippen molar-refractivity contribution in [2.75, 3.05) is 4.90 Å². The maximum Gasteiger partial charge on any atom is 0.247 e. The van der Waals surface area contributed by atoms with Gasteiger partial charge in [0.25, 0.3) is 0 Å². The van der Waals surface area contributed by atoms with Crippen LogP contribution in [-0.4, -0.2) is 32.2 Å². The predicted octanol–water partition coefficient (Wildman–Crippen LogP) is 0.118. The number of benzene rings is 1. The van der Waals surface area contributed by atoms with Crippen LogP contribution in [0.2, 0.25) is 0 Å². The van der Waals surface area contributed by atoms with Gasteiger partial charge in [0.05, 0.1) is 0 Å². The maximum absolute atomic E-state index is 9.50. The Hall–Kier alpha value is -1.14. The van der Waals surface area contributed by atoms with Crippen LogP contribution in [0.25, 0.3) is 0 Å². The molecule has 0 saturated heterocycles. The smallest absolute Gasteiger partial charge is 0.247 e. The molecule has 5 heteroatoms. The molecule has 0 spiro atoms. The molecule has 0 aromatic heterocycles. The van der Waals surface area contributed by atoms with Crippen LogP contribution in [-0.2, 0) is 0 Å². The van der Waals surface area contributed by atoms with E-state index in [4.69, 9.17) is 0 Å². The molecule has 0 aliphatic rings. The first-order chi connectivity index (χ1) is 7.12. The molecule has 0 bridgehead atoms. The van der Waals surface area contributed by atoms with Gasteiger partial charge in [0.1, 0.15) is 0 Å². The highest BCUT2D eigenvalue weighted by atomic mass is 16.6. The van der Waals surface area contributed by atoms with E-state index in [2.05, 4.69) is 0 Å². The summed E-state index contributed by atoms with van der Waals surface area (Å²) >= 11 is 0. The number of hydrogen-bond acceptors (Lipinski definition) is 5. The summed E-state index contributed by atoms with van der Waals surface area (Å²) in [6.45, 7) is 3.98. The van der Waals surface area contributed by atoms with E-state index in [0.717, 1.165) is 19.4 Å². The van der Waals surface area contributed by atoms with Crippen LogP contribution >= 0.6 is 0 Å². The van der Waals surface area contributed by atoms with E-state index >= 15 is 0 Å². The number of anilines is 1. The van der Waals surface area contributed by atoms with Crippen molar-refractivity contribution in [1.29, 1.82) is 0 Å². The van der Waals surface area contributed by atoms with Gasteiger partial charge in [0.2, 0.25) is 11.8 Å². The fourth-order valence-electron chi connectivity index (χ4n) is 1.58. The van der Waals surface area contributed by atoms with Crippen LogP contribution in [0.1, 0.15) is 19.4 Å². The first-order valence-electron chi connectivity index (χ1n) is 4.89. The Bertz CT molecular complexity index is 334. The van der Waals surface area contributed by atoms with Crippen LogP contribution in [0.15, 0.2) is 24.3 Å². The normalized spacial score (nSPS) is 12.7. The van der Waals surface area contributed by atoms with Crippen LogP contribution in [0, 0.1) is 6.92 Å². The molecule has 5 nitrogen and oxygen atoms in total. The average Bonchev–Trinajstić information content (AvgIpc) is 2.03. The number of aliphatic hydroxyl groups is 4. The molecule has 0 aliphatic heterocycles. The van der Waals surface area contributed by atoms with Gasteiger partial charge < -0.3 is 20.4 Å². The molecule has 0 amide bonds. The molecule has 16 heavy (non-hydrogen) atoms. The summed E-state index contributed by atoms with van der Waals surface area (Å²) in [5.41, 5.74) is 1.28. The van der Waals surface area contributed by atoms with Gasteiger partial charge in [0, 0.05) is 19.5 Å². The molecule has 1 aromatic rings. The third-order valence-corrected chi connectivity index (χ3v) is 2.14. The summed E-state index contributed by atoms with van der Waals surface area (Å²) in [5, 5.41) is 38.0. The van der Waals surface area contributed by atoms with Gasteiger partial charge >= 0.3 is 0 Å². The SMILES string of the molecule is Cc1ccc(N(C(C)(O)O)C(C)(O)O)cc1. The molecule has 0 fully saturated rings. The van der Waals surface area contributed by atoms with Crippen LogP contribution in [0.4, 0.5) is 5.69 Å². The third kappa shape index (κ3) is 2.93. The number of nitrogens with zero attached hydrogens (tertiary/aromatic N) is 1. The highest BCUT2D eigenvalue weighted by Gasteiger charge is 2.38. The Morgan fingerprint density at radius 2 is 1.25 bits per heavy atom. The standard InChI is InChI=1S/C11H17NO4/c1-8-4-6-9(7-5-8)12(10(2,13)14)11(3,15)16/h4-7,13-16H,1-3H3. The largest absolute Gasteiger partial charge is 0.349 e. The fourth-order valence-corrected chi connectivity index (χ4v) is 1.58. The topological polar surface area (TPSA) is 84.2 Å². The van der Waals surface area contributed by atoms with Crippen molar-refractivity contribution >= 4 is 5.69 Å². The molecule has 4 N–H and O–H groups in total. The average molecular weight is 227 g/mol. The Balaban J connectivity index is 3.18. The van der Waals surface area contributed by atoms with E-state index < -0.39 is 11.8 Å². The van der Waals surface area contributed by atoms with Gasteiger partial charge in [-0.05, 0) is 19.1 Å². The second-order valence-corrected chi connectivity index (χ2v) is 4.11. The number of aryl methyl sites for hydroxylation is 1. The Kier molecular flexibility index (Phi) is 3.25. The molecule has 0 radical (unpaired) electrons. The van der Waals surface area contributed by atoms with Gasteiger partial charge in [-0.2, -0.15) is 0 Å². The van der Waals surface area contributed by atoms with Crippen LogP contribution < -0.4 is 4.90 Å². The molecule has 90 valence electrons. The zero-order valence-electron chi connectivity index (χ0n) is 9.55. The monoisotopic (exact) mass is 227 g/mol. The molecule has 0 heterocycles. The summed E-state index contributed by atoms with van der Waals surface area (Å²) in [7, 11) is 0. The van der Waals surface area contributed by atoms with E-state index in [9.17, 15) is 20.4 Å². The van der Waals surface area contributed by atoms with Crippen molar-refractivity contribution in [1.82, 2.24) is 0 Å². The molecule has 0 aliphatic carbocycles. The predicted molar refractivity (Wildman–Crippen MR) is 59.3 cm³/mol. The summed E-state index contributed by atoms with van der Waals surface area (Å²) in [5.74, 6) is -4.74. The van der Waals surface area contributed by atoms with E-state index in [0.29, 0.717) is 10.6 Å². The minimum absolute atomic E-state index is 0.297. The summed E-state index contributed by atoms with van der Waals surface area (Å²) in [6, 6.07) is 6.62. The second kappa shape index (κ2) is 4.03. The quantitative estimate of drug-likeness (QED) is 0.551. The van der Waals surface area contributed by atoms with Gasteiger partial charge in [0.15, 0.2) is 0 Å². The lowest BCUT2D eigenvalue weighted by molar-refractivity contribution is -0.234. The van der Waals surface area contributed by atoms with Crippen LogP contribution in [0.3, 0.4) is 0 Å². The van der Waals surface area contributed by atoms with Crippen molar-refractivity contribution in [3.63, 3.8) is 0 Å². The zero-order valence-corrected chi connectivity index (χ0v) is 9.55. The molecule has 0 saturated carbocycles. The third-order valence-electron chi connectivity index (χ3n) is 2.14. The van der Waals surface area contributed by atoms with Gasteiger partial charge in [-0.3, -0.25) is 4.90 Å². The highest BCUT2D eigenvalue weighted by Crippen LogP contribution is 2.27. The lowest BCUT2D eigenvalue weighted by atomic mass is 10.2. The van der Waals surface area contributed by atoms with E-state index in [1.54, 1.807) is 24.3 Å². The van der Waals surface area contributed by atoms with Crippen molar-refractivity contribution in [3.8, 4) is 0 Å². The molecule has 0 atom stereocenters. The Morgan fingerprint density at radius 1 is 0.875 bits per heavy atom. The second-order valence-electron chi connectivity index (χ2n) is 4.11. The first kappa shape index (κ1) is 12.9. The Labute approximate surface area is 94.2 Å². The highest BCUT2D eigenvalue weighted by molar-refractivity contribution is 5.49. The summed E-state index contributed by atoms with van der Waals surface area (Å²) in [6.07, 6.45) is 0. The van der Waals surface area contributed by atoms with Crippen molar-refractivity contribution in [2.24, 2.45) is 0 Å². The summed E-state index contributed by atoms with van der Waals surface area (Å²) in [4.78, 5) is 0.694. The molecule has 0 unspecified atom stereocenters. The zero-order chi connectivity index (χ0) is 12.6. The number of hydrogen-bond donors (Lipinski definition) is 4. The Morgan fingerprint density at radius 3 is 1.56 bits per heavy atom.